The van der Waals surface area contributed by atoms with Gasteiger partial charge in [0.15, 0.2) is 0 Å². The summed E-state index contributed by atoms with van der Waals surface area (Å²) in [5.41, 5.74) is 2.43. The predicted octanol–water partition coefficient (Wildman–Crippen LogP) is 1.46. The summed E-state index contributed by atoms with van der Waals surface area (Å²) < 4.78 is 6.99. The van der Waals surface area contributed by atoms with Crippen LogP contribution in [-0.4, -0.2) is 35.3 Å². The molecule has 7 nitrogen and oxygen atoms in total. The van der Waals surface area contributed by atoms with Crippen LogP contribution in [0, 0.1) is 11.8 Å². The molecule has 0 bridgehead atoms. The van der Waals surface area contributed by atoms with Crippen molar-refractivity contribution in [1.82, 2.24) is 15.2 Å². The number of aromatic nitrogens is 1. The van der Waals surface area contributed by atoms with Crippen molar-refractivity contribution < 1.29 is 14.6 Å². The number of nitrogens with zero attached hydrogens (tertiary/aromatic N) is 1. The van der Waals surface area contributed by atoms with Gasteiger partial charge in [0.05, 0.1) is 19.2 Å². The van der Waals surface area contributed by atoms with Crippen molar-refractivity contribution in [2.24, 2.45) is 11.8 Å². The van der Waals surface area contributed by atoms with Gasteiger partial charge in [-0.05, 0) is 36.8 Å². The first-order valence-electron chi connectivity index (χ1n) is 10.2. The van der Waals surface area contributed by atoms with Gasteiger partial charge in [-0.2, -0.15) is 0 Å². The number of benzene rings is 1. The zero-order valence-corrected chi connectivity index (χ0v) is 17.2. The van der Waals surface area contributed by atoms with E-state index in [9.17, 15) is 14.7 Å². The minimum absolute atomic E-state index is 0.00359. The van der Waals surface area contributed by atoms with Crippen LogP contribution >= 0.6 is 0 Å². The SMILES string of the molecule is C/C=C\c1ccc2n(c1=O)C[C@H]1[C@H](CO)[C@@H](C(=O)NCc3cccc(OC)c3)N[C@@H]21. The summed E-state index contributed by atoms with van der Waals surface area (Å²) >= 11 is 0. The van der Waals surface area contributed by atoms with Crippen LogP contribution in [0.5, 0.6) is 5.75 Å². The Balaban J connectivity index is 1.50. The molecule has 0 unspecified atom stereocenters. The van der Waals surface area contributed by atoms with E-state index in [1.807, 2.05) is 49.4 Å². The molecular weight excluding hydrogens is 382 g/mol. The van der Waals surface area contributed by atoms with Crippen LogP contribution in [0.2, 0.25) is 0 Å². The number of rotatable bonds is 6. The van der Waals surface area contributed by atoms with Gasteiger partial charge < -0.3 is 19.7 Å². The second-order valence-corrected chi connectivity index (χ2v) is 7.83. The van der Waals surface area contributed by atoms with E-state index in [4.69, 9.17) is 4.74 Å². The lowest BCUT2D eigenvalue weighted by molar-refractivity contribution is -0.124. The molecule has 1 aromatic carbocycles. The second kappa shape index (κ2) is 8.45. The van der Waals surface area contributed by atoms with Crippen LogP contribution in [0.15, 0.2) is 47.3 Å². The normalized spacial score (nSPS) is 24.6. The van der Waals surface area contributed by atoms with Crippen LogP contribution in [0.1, 0.15) is 29.8 Å². The number of aliphatic hydroxyl groups is 1. The molecule has 7 heteroatoms. The molecule has 1 aromatic heterocycles. The maximum Gasteiger partial charge on any atom is 0.258 e. The highest BCUT2D eigenvalue weighted by Crippen LogP contribution is 2.42. The van der Waals surface area contributed by atoms with E-state index in [0.717, 1.165) is 17.0 Å². The van der Waals surface area contributed by atoms with Crippen LogP contribution in [0.3, 0.4) is 0 Å². The fourth-order valence-electron chi connectivity index (χ4n) is 4.66. The van der Waals surface area contributed by atoms with Crippen molar-refractivity contribution in [3.63, 3.8) is 0 Å². The average Bonchev–Trinajstić information content (AvgIpc) is 3.30. The molecule has 4 rings (SSSR count). The molecule has 0 spiro atoms. The molecule has 158 valence electrons. The number of methoxy groups -OCH3 is 1. The highest BCUT2D eigenvalue weighted by molar-refractivity contribution is 5.82. The number of hydrogen-bond donors (Lipinski definition) is 3. The Labute approximate surface area is 175 Å². The van der Waals surface area contributed by atoms with Gasteiger partial charge in [-0.1, -0.05) is 24.3 Å². The summed E-state index contributed by atoms with van der Waals surface area (Å²) in [6.45, 7) is 2.65. The molecule has 1 saturated heterocycles. The Morgan fingerprint density at radius 3 is 2.93 bits per heavy atom. The third kappa shape index (κ3) is 3.55. The van der Waals surface area contributed by atoms with Gasteiger partial charge in [-0.3, -0.25) is 14.9 Å². The number of fused-ring (bicyclic) bond motifs is 3. The third-order valence-electron chi connectivity index (χ3n) is 6.16. The fraction of sp³-hybridized carbons (Fsp3) is 0.391. The number of amides is 1. The smallest absolute Gasteiger partial charge is 0.258 e. The molecule has 0 aliphatic carbocycles. The number of carbonyl (C=O) groups excluding carboxylic acids is 1. The average molecular weight is 409 g/mol. The quantitative estimate of drug-likeness (QED) is 0.672. The van der Waals surface area contributed by atoms with E-state index >= 15 is 0 Å². The van der Waals surface area contributed by atoms with Crippen LogP contribution in [-0.2, 0) is 17.9 Å². The Bertz CT molecular complexity index is 1030. The summed E-state index contributed by atoms with van der Waals surface area (Å²) in [4.78, 5) is 25.6. The Hall–Kier alpha value is -2.90. The third-order valence-corrected chi connectivity index (χ3v) is 6.16. The number of nitrogens with one attached hydrogen (secondary N) is 2. The lowest BCUT2D eigenvalue weighted by Crippen LogP contribution is -2.46. The highest BCUT2D eigenvalue weighted by Gasteiger charge is 2.50. The first-order valence-corrected chi connectivity index (χ1v) is 10.2. The molecule has 4 atom stereocenters. The summed E-state index contributed by atoms with van der Waals surface area (Å²) in [6, 6.07) is 10.7. The molecule has 2 aromatic rings. The van der Waals surface area contributed by atoms with Crippen LogP contribution < -0.4 is 20.9 Å². The van der Waals surface area contributed by atoms with Gasteiger partial charge in [0.1, 0.15) is 5.75 Å². The molecule has 1 fully saturated rings. The molecule has 0 radical (unpaired) electrons. The summed E-state index contributed by atoms with van der Waals surface area (Å²) in [5.74, 6) is 0.328. The zero-order chi connectivity index (χ0) is 21.3. The van der Waals surface area contributed by atoms with Crippen molar-refractivity contribution in [3.8, 4) is 5.75 Å². The fourth-order valence-corrected chi connectivity index (χ4v) is 4.66. The van der Waals surface area contributed by atoms with E-state index in [1.165, 1.54) is 0 Å². The summed E-state index contributed by atoms with van der Waals surface area (Å²) in [6.07, 6.45) is 3.65. The molecular formula is C23H27N3O4. The number of pyridine rings is 1. The minimum atomic E-state index is -0.505. The number of ether oxygens (including phenoxy) is 1. The van der Waals surface area contributed by atoms with Gasteiger partial charge in [-0.15, -0.1) is 0 Å². The standard InChI is InChI=1S/C23H27N3O4/c1-3-5-15-8-9-19-20-17(12-26(19)23(15)29)18(13-27)21(25-20)22(28)24-11-14-6-4-7-16(10-14)30-2/h3-10,17-18,20-21,25,27H,11-13H2,1-2H3,(H,24,28)/b5-3-/t17-,18-,20+,21-/m0/s1. The maximum absolute atomic E-state index is 12.9. The van der Waals surface area contributed by atoms with Crippen molar-refractivity contribution in [1.29, 1.82) is 0 Å². The Kier molecular flexibility index (Phi) is 5.74. The van der Waals surface area contributed by atoms with Gasteiger partial charge >= 0.3 is 0 Å². The summed E-state index contributed by atoms with van der Waals surface area (Å²) in [7, 11) is 1.61. The lowest BCUT2D eigenvalue weighted by Gasteiger charge is -2.21. The highest BCUT2D eigenvalue weighted by atomic mass is 16.5. The van der Waals surface area contributed by atoms with Gasteiger partial charge in [0, 0.05) is 42.8 Å². The Morgan fingerprint density at radius 1 is 1.37 bits per heavy atom. The minimum Gasteiger partial charge on any atom is -0.497 e. The van der Waals surface area contributed by atoms with Crippen molar-refractivity contribution in [2.45, 2.75) is 32.1 Å². The van der Waals surface area contributed by atoms with E-state index in [-0.39, 0.29) is 36.0 Å². The first kappa shape index (κ1) is 20.4. The van der Waals surface area contributed by atoms with Gasteiger partial charge in [0.25, 0.3) is 5.56 Å². The number of carbonyl (C=O) groups is 1. The van der Waals surface area contributed by atoms with E-state index < -0.39 is 6.04 Å². The molecule has 30 heavy (non-hydrogen) atoms. The van der Waals surface area contributed by atoms with E-state index in [0.29, 0.717) is 18.7 Å². The second-order valence-electron chi connectivity index (χ2n) is 7.83. The Morgan fingerprint density at radius 2 is 2.20 bits per heavy atom. The first-order chi connectivity index (χ1) is 14.6. The zero-order valence-electron chi connectivity index (χ0n) is 17.2. The van der Waals surface area contributed by atoms with Crippen LogP contribution in [0.4, 0.5) is 0 Å². The maximum atomic E-state index is 12.9. The largest absolute Gasteiger partial charge is 0.497 e. The van der Waals surface area contributed by atoms with Crippen molar-refractivity contribution in [3.05, 3.63) is 69.6 Å². The summed E-state index contributed by atoms with van der Waals surface area (Å²) in [5, 5.41) is 16.4. The van der Waals surface area contributed by atoms with Crippen molar-refractivity contribution >= 4 is 12.0 Å². The number of allylic oxidation sites excluding steroid dienone is 1. The number of aliphatic hydroxyl groups excluding tert-OH is 1. The molecule has 3 heterocycles. The van der Waals surface area contributed by atoms with Crippen LogP contribution in [0.25, 0.3) is 6.08 Å². The monoisotopic (exact) mass is 409 g/mol. The van der Waals surface area contributed by atoms with Gasteiger partial charge in [0.2, 0.25) is 5.91 Å². The molecule has 2 aliphatic heterocycles. The number of hydrogen-bond acceptors (Lipinski definition) is 5. The predicted molar refractivity (Wildman–Crippen MR) is 114 cm³/mol. The van der Waals surface area contributed by atoms with Gasteiger partial charge in [-0.25, -0.2) is 0 Å². The molecule has 3 N–H and O–H groups in total. The topological polar surface area (TPSA) is 92.6 Å². The molecule has 0 saturated carbocycles. The van der Waals surface area contributed by atoms with E-state index in [2.05, 4.69) is 10.6 Å². The molecule has 1 amide bonds. The molecule has 2 aliphatic rings. The lowest BCUT2D eigenvalue weighted by atomic mass is 9.88. The van der Waals surface area contributed by atoms with Crippen molar-refractivity contribution in [2.75, 3.05) is 13.7 Å². The van der Waals surface area contributed by atoms with E-state index in [1.54, 1.807) is 17.8 Å².